The van der Waals surface area contributed by atoms with Gasteiger partial charge in [-0.05, 0) is 42.5 Å². The van der Waals surface area contributed by atoms with Gasteiger partial charge in [0, 0.05) is 25.7 Å². The molecule has 1 aromatic carbocycles. The number of benzene rings is 1. The van der Waals surface area contributed by atoms with Gasteiger partial charge in [-0.15, -0.1) is 0 Å². The summed E-state index contributed by atoms with van der Waals surface area (Å²) in [5, 5.41) is 11.4. The zero-order valence-corrected chi connectivity index (χ0v) is 13.4. The molecule has 2 amide bonds. The van der Waals surface area contributed by atoms with Gasteiger partial charge >= 0.3 is 0 Å². The summed E-state index contributed by atoms with van der Waals surface area (Å²) in [7, 11) is 0. The van der Waals surface area contributed by atoms with Crippen molar-refractivity contribution in [2.45, 2.75) is 19.3 Å². The van der Waals surface area contributed by atoms with Crippen LogP contribution in [0.3, 0.4) is 0 Å². The van der Waals surface area contributed by atoms with Gasteiger partial charge in [-0.3, -0.25) is 9.59 Å². The fourth-order valence-corrected chi connectivity index (χ4v) is 2.62. The maximum atomic E-state index is 12.8. The van der Waals surface area contributed by atoms with E-state index in [4.69, 9.17) is 5.26 Å². The number of nitrogens with zero attached hydrogens (tertiary/aromatic N) is 2. The molecule has 1 aliphatic heterocycles. The number of piperidine rings is 1. The number of hydrogen-bond donors (Lipinski definition) is 1. The van der Waals surface area contributed by atoms with Crippen LogP contribution in [0.25, 0.3) is 6.08 Å². The molecule has 1 fully saturated rings. The molecule has 0 unspecified atom stereocenters. The molecule has 0 spiro atoms. The van der Waals surface area contributed by atoms with Gasteiger partial charge in [0.1, 0.15) is 12.2 Å². The van der Waals surface area contributed by atoms with E-state index < -0.39 is 0 Å². The lowest BCUT2D eigenvalue weighted by atomic mass is 9.96. The highest BCUT2D eigenvalue weighted by molar-refractivity contribution is 5.91. The van der Waals surface area contributed by atoms with Gasteiger partial charge < -0.3 is 10.2 Å². The Bertz CT molecular complexity index is 641. The van der Waals surface area contributed by atoms with Gasteiger partial charge in [0.05, 0.1) is 6.07 Å². The van der Waals surface area contributed by atoms with E-state index >= 15 is 0 Å². The van der Waals surface area contributed by atoms with Gasteiger partial charge in [-0.25, -0.2) is 4.39 Å². The number of nitriles is 1. The van der Waals surface area contributed by atoms with Crippen molar-refractivity contribution in [3.8, 4) is 6.07 Å². The number of carbonyl (C=O) groups excluding carboxylic acids is 2. The SMILES string of the molecule is N#CCC(=O)N1CCC(CNC(=O)/C=C/c2ccc(F)cc2)CC1. The average Bonchev–Trinajstić information content (AvgIpc) is 2.60. The molecule has 0 atom stereocenters. The van der Waals surface area contributed by atoms with Gasteiger partial charge in [0.25, 0.3) is 0 Å². The number of hydrogen-bond acceptors (Lipinski definition) is 3. The zero-order valence-electron chi connectivity index (χ0n) is 13.4. The quantitative estimate of drug-likeness (QED) is 0.841. The lowest BCUT2D eigenvalue weighted by molar-refractivity contribution is -0.131. The first-order chi connectivity index (χ1) is 11.6. The highest BCUT2D eigenvalue weighted by Crippen LogP contribution is 2.17. The second-order valence-electron chi connectivity index (χ2n) is 5.79. The normalized spacial score (nSPS) is 15.2. The topological polar surface area (TPSA) is 73.2 Å². The molecule has 5 nitrogen and oxygen atoms in total. The molecule has 6 heteroatoms. The third-order valence-electron chi connectivity index (χ3n) is 4.06. The van der Waals surface area contributed by atoms with Crippen LogP contribution in [0.15, 0.2) is 30.3 Å². The summed E-state index contributed by atoms with van der Waals surface area (Å²) in [6.45, 7) is 1.83. The second-order valence-corrected chi connectivity index (χ2v) is 5.79. The third-order valence-corrected chi connectivity index (χ3v) is 4.06. The lowest BCUT2D eigenvalue weighted by Crippen LogP contribution is -2.41. The molecule has 0 radical (unpaired) electrons. The summed E-state index contributed by atoms with van der Waals surface area (Å²) < 4.78 is 12.8. The molecule has 1 heterocycles. The van der Waals surface area contributed by atoms with Crippen molar-refractivity contribution < 1.29 is 14.0 Å². The Balaban J connectivity index is 1.70. The van der Waals surface area contributed by atoms with Gasteiger partial charge in [-0.1, -0.05) is 12.1 Å². The van der Waals surface area contributed by atoms with Crippen LogP contribution in [0.2, 0.25) is 0 Å². The van der Waals surface area contributed by atoms with Crippen molar-refractivity contribution in [2.24, 2.45) is 5.92 Å². The maximum Gasteiger partial charge on any atom is 0.244 e. The van der Waals surface area contributed by atoms with Crippen molar-refractivity contribution in [1.29, 1.82) is 5.26 Å². The molecular formula is C18H20FN3O2. The van der Waals surface area contributed by atoms with Crippen molar-refractivity contribution in [3.05, 3.63) is 41.7 Å². The van der Waals surface area contributed by atoms with Crippen LogP contribution in [0.1, 0.15) is 24.8 Å². The molecule has 2 rings (SSSR count). The molecular weight excluding hydrogens is 309 g/mol. The minimum atomic E-state index is -0.309. The second kappa shape index (κ2) is 8.82. The van der Waals surface area contributed by atoms with Crippen LogP contribution in [-0.4, -0.2) is 36.3 Å². The van der Waals surface area contributed by atoms with E-state index in [0.29, 0.717) is 25.6 Å². The van der Waals surface area contributed by atoms with Crippen molar-refractivity contribution in [3.63, 3.8) is 0 Å². The fourth-order valence-electron chi connectivity index (χ4n) is 2.62. The van der Waals surface area contributed by atoms with Gasteiger partial charge in [0.15, 0.2) is 0 Å². The predicted octanol–water partition coefficient (Wildman–Crippen LogP) is 2.11. The number of likely N-dealkylation sites (tertiary alicyclic amines) is 1. The summed E-state index contributed by atoms with van der Waals surface area (Å²) in [5.74, 6) is -0.292. The van der Waals surface area contributed by atoms with Crippen LogP contribution in [-0.2, 0) is 9.59 Å². The third kappa shape index (κ3) is 5.51. The predicted molar refractivity (Wildman–Crippen MR) is 88.0 cm³/mol. The van der Waals surface area contributed by atoms with E-state index in [-0.39, 0.29) is 24.1 Å². The van der Waals surface area contributed by atoms with Crippen molar-refractivity contribution in [1.82, 2.24) is 10.2 Å². The molecule has 1 aliphatic rings. The maximum absolute atomic E-state index is 12.8. The molecule has 126 valence electrons. The number of amides is 2. The van der Waals surface area contributed by atoms with Crippen LogP contribution in [0.5, 0.6) is 0 Å². The van der Waals surface area contributed by atoms with E-state index in [0.717, 1.165) is 18.4 Å². The van der Waals surface area contributed by atoms with E-state index in [1.165, 1.54) is 18.2 Å². The molecule has 24 heavy (non-hydrogen) atoms. The van der Waals surface area contributed by atoms with Gasteiger partial charge in [0.2, 0.25) is 11.8 Å². The average molecular weight is 329 g/mol. The minimum absolute atomic E-state index is 0.0738. The lowest BCUT2D eigenvalue weighted by Gasteiger charge is -2.31. The number of nitrogens with one attached hydrogen (secondary N) is 1. The Morgan fingerprint density at radius 2 is 1.96 bits per heavy atom. The highest BCUT2D eigenvalue weighted by Gasteiger charge is 2.22. The van der Waals surface area contributed by atoms with Gasteiger partial charge in [-0.2, -0.15) is 5.26 Å². The van der Waals surface area contributed by atoms with Crippen LogP contribution in [0.4, 0.5) is 4.39 Å². The molecule has 1 N–H and O–H groups in total. The Kier molecular flexibility index (Phi) is 6.50. The highest BCUT2D eigenvalue weighted by atomic mass is 19.1. The summed E-state index contributed by atoms with van der Waals surface area (Å²) in [6.07, 6.45) is 4.63. The van der Waals surface area contributed by atoms with Crippen molar-refractivity contribution in [2.75, 3.05) is 19.6 Å². The van der Waals surface area contributed by atoms with E-state index in [2.05, 4.69) is 5.32 Å². The van der Waals surface area contributed by atoms with E-state index in [1.807, 2.05) is 6.07 Å². The molecule has 1 saturated heterocycles. The summed E-state index contributed by atoms with van der Waals surface area (Å²) in [6, 6.07) is 7.77. The standard InChI is InChI=1S/C18H20FN3O2/c19-16-4-1-14(2-5-16)3-6-17(23)21-13-15-8-11-22(12-9-15)18(24)7-10-20/h1-6,15H,7-9,11-13H2,(H,21,23)/b6-3+. The Morgan fingerprint density at radius 3 is 2.58 bits per heavy atom. The van der Waals surface area contributed by atoms with Crippen LogP contribution >= 0.6 is 0 Å². The monoisotopic (exact) mass is 329 g/mol. The smallest absolute Gasteiger partial charge is 0.244 e. The summed E-state index contributed by atoms with van der Waals surface area (Å²) >= 11 is 0. The van der Waals surface area contributed by atoms with Crippen LogP contribution in [0, 0.1) is 23.1 Å². The molecule has 1 aromatic rings. The minimum Gasteiger partial charge on any atom is -0.352 e. The summed E-state index contributed by atoms with van der Waals surface area (Å²) in [4.78, 5) is 25.1. The molecule has 0 saturated carbocycles. The van der Waals surface area contributed by atoms with E-state index in [1.54, 1.807) is 23.1 Å². The molecule has 0 aromatic heterocycles. The number of halogens is 1. The fraction of sp³-hybridized carbons (Fsp3) is 0.389. The largest absolute Gasteiger partial charge is 0.352 e. The number of carbonyl (C=O) groups is 2. The zero-order chi connectivity index (χ0) is 17.4. The Labute approximate surface area is 140 Å². The van der Waals surface area contributed by atoms with E-state index in [9.17, 15) is 14.0 Å². The molecule has 0 aliphatic carbocycles. The Hall–Kier alpha value is -2.68. The summed E-state index contributed by atoms with van der Waals surface area (Å²) in [5.41, 5.74) is 0.760. The molecule has 0 bridgehead atoms. The first kappa shape index (κ1) is 17.7. The first-order valence-corrected chi connectivity index (χ1v) is 7.94. The Morgan fingerprint density at radius 1 is 1.29 bits per heavy atom. The van der Waals surface area contributed by atoms with Crippen LogP contribution < -0.4 is 5.32 Å². The number of rotatable bonds is 5. The first-order valence-electron chi connectivity index (χ1n) is 7.94. The van der Waals surface area contributed by atoms with Crippen molar-refractivity contribution >= 4 is 17.9 Å².